The predicted octanol–water partition coefficient (Wildman–Crippen LogP) is 3.77. The van der Waals surface area contributed by atoms with Crippen LogP contribution in [-0.4, -0.2) is 63.2 Å². The summed E-state index contributed by atoms with van der Waals surface area (Å²) in [5, 5.41) is 14.0. The van der Waals surface area contributed by atoms with Crippen LogP contribution in [-0.2, 0) is 13.1 Å². The van der Waals surface area contributed by atoms with Crippen molar-refractivity contribution < 1.29 is 13.9 Å². The molecule has 186 valence electrons. The van der Waals surface area contributed by atoms with Crippen LogP contribution in [0.5, 0.6) is 5.75 Å². The first-order valence-electron chi connectivity index (χ1n) is 11.5. The summed E-state index contributed by atoms with van der Waals surface area (Å²) in [6.45, 7) is 3.61. The van der Waals surface area contributed by atoms with Crippen LogP contribution >= 0.6 is 11.6 Å². The Kier molecular flexibility index (Phi) is 6.90. The zero-order valence-corrected chi connectivity index (χ0v) is 20.3. The summed E-state index contributed by atoms with van der Waals surface area (Å²) in [6.07, 6.45) is 3.34. The number of phenols is 1. The van der Waals surface area contributed by atoms with Crippen LogP contribution in [0.25, 0.3) is 22.0 Å². The van der Waals surface area contributed by atoms with Crippen LogP contribution in [0.2, 0.25) is 5.02 Å². The zero-order valence-electron chi connectivity index (χ0n) is 19.5. The number of phenolic OH excluding ortho intramolecular Hbond substituents is 1. The molecule has 5 rings (SSSR count). The number of anilines is 1. The van der Waals surface area contributed by atoms with Gasteiger partial charge in [0.1, 0.15) is 34.6 Å². The van der Waals surface area contributed by atoms with E-state index < -0.39 is 17.4 Å². The molecule has 8 nitrogen and oxygen atoms in total. The number of fused-ring (bicyclic) bond motifs is 1. The number of hydrogen-bond acceptors (Lipinski definition) is 8. The molecular weight excluding hydrogens is 488 g/mol. The van der Waals surface area contributed by atoms with Gasteiger partial charge in [0.25, 0.3) is 0 Å². The first-order chi connectivity index (χ1) is 17.4. The Hall–Kier alpha value is -3.47. The molecule has 0 radical (unpaired) electrons. The van der Waals surface area contributed by atoms with Crippen LogP contribution in [0.4, 0.5) is 14.6 Å². The van der Waals surface area contributed by atoms with Gasteiger partial charge < -0.3 is 15.3 Å². The molecule has 2 aromatic carbocycles. The molecular formula is C25H24ClF2N7O. The molecule has 0 unspecified atom stereocenters. The summed E-state index contributed by atoms with van der Waals surface area (Å²) in [5.74, 6) is -0.417. The van der Waals surface area contributed by atoms with Crippen molar-refractivity contribution in [3.8, 4) is 16.9 Å². The molecule has 36 heavy (non-hydrogen) atoms. The summed E-state index contributed by atoms with van der Waals surface area (Å²) in [7, 11) is 1.87. The first kappa shape index (κ1) is 24.2. The van der Waals surface area contributed by atoms with E-state index in [0.29, 0.717) is 49.0 Å². The highest BCUT2D eigenvalue weighted by Gasteiger charge is 2.25. The minimum Gasteiger partial charge on any atom is -0.507 e. The minimum atomic E-state index is -0.813. The summed E-state index contributed by atoms with van der Waals surface area (Å²) in [6, 6.07) is 7.07. The second kappa shape index (κ2) is 10.3. The molecule has 0 saturated carbocycles. The van der Waals surface area contributed by atoms with Crippen molar-refractivity contribution in [2.45, 2.75) is 13.1 Å². The number of nitrogens with zero attached hydrogens (tertiary/aromatic N) is 6. The third kappa shape index (κ3) is 4.79. The third-order valence-corrected chi connectivity index (χ3v) is 6.31. The fourth-order valence-electron chi connectivity index (χ4n) is 4.35. The van der Waals surface area contributed by atoms with Crippen molar-refractivity contribution in [3.63, 3.8) is 0 Å². The maximum Gasteiger partial charge on any atom is 0.159 e. The number of rotatable bonds is 6. The summed E-state index contributed by atoms with van der Waals surface area (Å²) >= 11 is 6.49. The first-order valence-corrected chi connectivity index (χ1v) is 11.9. The fourth-order valence-corrected chi connectivity index (χ4v) is 4.64. The molecule has 3 heterocycles. The Morgan fingerprint density at radius 1 is 1.03 bits per heavy atom. The Bertz CT molecular complexity index is 1380. The molecule has 2 N–H and O–H groups in total. The highest BCUT2D eigenvalue weighted by Crippen LogP contribution is 2.42. The van der Waals surface area contributed by atoms with Gasteiger partial charge in [0.2, 0.25) is 0 Å². The Balaban J connectivity index is 1.63. The van der Waals surface area contributed by atoms with Gasteiger partial charge in [-0.05, 0) is 31.3 Å². The quantitative estimate of drug-likeness (QED) is 0.404. The highest BCUT2D eigenvalue weighted by molar-refractivity contribution is 6.34. The van der Waals surface area contributed by atoms with Crippen molar-refractivity contribution in [2.75, 3.05) is 38.1 Å². The van der Waals surface area contributed by atoms with Gasteiger partial charge in [0, 0.05) is 49.5 Å². The van der Waals surface area contributed by atoms with Crippen LogP contribution in [0, 0.1) is 11.6 Å². The smallest absolute Gasteiger partial charge is 0.159 e. The normalized spacial score (nSPS) is 14.1. The molecule has 1 saturated heterocycles. The SMILES string of the molecule is CN(Cc1ncccn1)Cc1nc(N2CCNCC2)c2cc(Cl)c(-c3c(O)cccc3F)c(F)c2n1. The number of nitrogens with one attached hydrogen (secondary N) is 1. The summed E-state index contributed by atoms with van der Waals surface area (Å²) in [5.41, 5.74) is -0.522. The standard InChI is InChI=1S/C25H24ClF2N7O/c1-34(13-19-30-6-3-7-31-19)14-20-32-24-15(25(33-20)35-10-8-29-9-11-35)12-16(26)21(23(24)28)22-17(27)4-2-5-18(22)36/h2-7,12,29,36H,8-11,13-14H2,1H3. The van der Waals surface area contributed by atoms with Crippen LogP contribution in [0.15, 0.2) is 42.7 Å². The van der Waals surface area contributed by atoms with Crippen LogP contribution in [0.3, 0.4) is 0 Å². The van der Waals surface area contributed by atoms with Crippen molar-refractivity contribution >= 4 is 28.3 Å². The van der Waals surface area contributed by atoms with Gasteiger partial charge in [-0.25, -0.2) is 28.7 Å². The van der Waals surface area contributed by atoms with E-state index in [2.05, 4.69) is 25.2 Å². The molecule has 0 bridgehead atoms. The van der Waals surface area contributed by atoms with E-state index in [4.69, 9.17) is 16.6 Å². The molecule has 1 aliphatic rings. The second-order valence-corrected chi connectivity index (χ2v) is 9.02. The van der Waals surface area contributed by atoms with Gasteiger partial charge in [-0.1, -0.05) is 17.7 Å². The lowest BCUT2D eigenvalue weighted by atomic mass is 10.0. The number of aromatic hydroxyl groups is 1. The Labute approximate surface area is 211 Å². The maximum atomic E-state index is 16.1. The van der Waals surface area contributed by atoms with Gasteiger partial charge in [-0.3, -0.25) is 4.90 Å². The largest absolute Gasteiger partial charge is 0.507 e. The Morgan fingerprint density at radius 2 is 1.75 bits per heavy atom. The molecule has 0 atom stereocenters. The molecule has 11 heteroatoms. The molecule has 0 spiro atoms. The van der Waals surface area contributed by atoms with Crippen molar-refractivity contribution in [2.24, 2.45) is 0 Å². The van der Waals surface area contributed by atoms with Gasteiger partial charge in [0.15, 0.2) is 5.82 Å². The number of aromatic nitrogens is 4. The molecule has 1 fully saturated rings. The van der Waals surface area contributed by atoms with E-state index in [-0.39, 0.29) is 21.7 Å². The Morgan fingerprint density at radius 3 is 2.47 bits per heavy atom. The highest BCUT2D eigenvalue weighted by atomic mass is 35.5. The third-order valence-electron chi connectivity index (χ3n) is 6.01. The van der Waals surface area contributed by atoms with Gasteiger partial charge >= 0.3 is 0 Å². The fraction of sp³-hybridized carbons (Fsp3) is 0.280. The molecule has 4 aromatic rings. The van der Waals surface area contributed by atoms with Crippen LogP contribution in [0.1, 0.15) is 11.6 Å². The lowest BCUT2D eigenvalue weighted by Crippen LogP contribution is -2.44. The van der Waals surface area contributed by atoms with Crippen molar-refractivity contribution in [3.05, 3.63) is 71.0 Å². The van der Waals surface area contributed by atoms with E-state index in [1.807, 2.05) is 11.9 Å². The number of piperazine rings is 1. The monoisotopic (exact) mass is 511 g/mol. The topological polar surface area (TPSA) is 90.3 Å². The van der Waals surface area contributed by atoms with E-state index >= 15 is 4.39 Å². The average molecular weight is 512 g/mol. The maximum absolute atomic E-state index is 16.1. The van der Waals surface area contributed by atoms with Crippen LogP contribution < -0.4 is 10.2 Å². The minimum absolute atomic E-state index is 0.0138. The number of hydrogen-bond donors (Lipinski definition) is 2. The molecule has 2 aromatic heterocycles. The lowest BCUT2D eigenvalue weighted by molar-refractivity contribution is 0.303. The predicted molar refractivity (Wildman–Crippen MR) is 134 cm³/mol. The zero-order chi connectivity index (χ0) is 25.2. The molecule has 1 aliphatic heterocycles. The average Bonchev–Trinajstić information content (AvgIpc) is 2.87. The number of benzene rings is 2. The molecule has 0 amide bonds. The molecule has 0 aliphatic carbocycles. The lowest BCUT2D eigenvalue weighted by Gasteiger charge is -2.30. The van der Waals surface area contributed by atoms with Gasteiger partial charge in [-0.15, -0.1) is 0 Å². The number of halogens is 3. The van der Waals surface area contributed by atoms with Gasteiger partial charge in [0.05, 0.1) is 23.7 Å². The summed E-state index contributed by atoms with van der Waals surface area (Å²) < 4.78 is 30.7. The summed E-state index contributed by atoms with van der Waals surface area (Å²) in [4.78, 5) is 21.8. The van der Waals surface area contributed by atoms with E-state index in [1.165, 1.54) is 12.1 Å². The van der Waals surface area contributed by atoms with Crippen molar-refractivity contribution in [1.29, 1.82) is 0 Å². The van der Waals surface area contributed by atoms with E-state index in [9.17, 15) is 9.50 Å². The van der Waals surface area contributed by atoms with E-state index in [0.717, 1.165) is 19.2 Å². The second-order valence-electron chi connectivity index (χ2n) is 8.62. The van der Waals surface area contributed by atoms with E-state index in [1.54, 1.807) is 24.5 Å². The van der Waals surface area contributed by atoms with Crippen molar-refractivity contribution in [1.82, 2.24) is 30.2 Å². The van der Waals surface area contributed by atoms with Gasteiger partial charge in [-0.2, -0.15) is 0 Å².